The molecule has 0 saturated carbocycles. The summed E-state index contributed by atoms with van der Waals surface area (Å²) < 4.78 is 0. The highest BCUT2D eigenvalue weighted by Gasteiger charge is 2.03. The van der Waals surface area contributed by atoms with E-state index in [4.69, 9.17) is 0 Å². The topological polar surface area (TPSA) is 49.8 Å². The fraction of sp³-hybridized carbons (Fsp3) is 0.200. The maximum atomic E-state index is 4.55. The summed E-state index contributed by atoms with van der Waals surface area (Å²) in [5.74, 6) is 1.45. The van der Waals surface area contributed by atoms with Gasteiger partial charge in [-0.05, 0) is 38.0 Å². The number of hydrogen-bond acceptors (Lipinski definition) is 4. The maximum absolute atomic E-state index is 4.55. The zero-order chi connectivity index (χ0) is 16.8. The minimum absolute atomic E-state index is 0.653. The Bertz CT molecular complexity index is 782. The number of benzene rings is 2. The van der Waals surface area contributed by atoms with Gasteiger partial charge in [-0.15, -0.1) is 0 Å². The lowest BCUT2D eigenvalue weighted by Crippen LogP contribution is -2.09. The molecule has 4 nitrogen and oxygen atoms in total. The highest BCUT2D eigenvalue weighted by Crippen LogP contribution is 2.17. The van der Waals surface area contributed by atoms with Crippen molar-refractivity contribution in [2.45, 2.75) is 20.3 Å². The molecule has 2 N–H and O–H groups in total. The Morgan fingerprint density at radius 3 is 2.38 bits per heavy atom. The minimum Gasteiger partial charge on any atom is -0.354 e. The lowest BCUT2D eigenvalue weighted by Gasteiger charge is -2.10. The van der Waals surface area contributed by atoms with Crippen molar-refractivity contribution in [1.82, 2.24) is 9.97 Å². The van der Waals surface area contributed by atoms with Gasteiger partial charge < -0.3 is 10.6 Å². The molecule has 1 aromatic heterocycles. The first-order valence-corrected chi connectivity index (χ1v) is 8.16. The summed E-state index contributed by atoms with van der Waals surface area (Å²) in [6, 6.07) is 20.6. The van der Waals surface area contributed by atoms with E-state index in [2.05, 4.69) is 76.1 Å². The molecule has 122 valence electrons. The number of aryl methyl sites for hydroxylation is 2. The van der Waals surface area contributed by atoms with E-state index >= 15 is 0 Å². The molecule has 3 aromatic rings. The number of nitrogens with zero attached hydrogens (tertiary/aromatic N) is 2. The van der Waals surface area contributed by atoms with E-state index in [1.165, 1.54) is 11.1 Å². The van der Waals surface area contributed by atoms with Gasteiger partial charge in [0.05, 0.1) is 0 Å². The van der Waals surface area contributed by atoms with Crippen LogP contribution in [0.2, 0.25) is 0 Å². The second-order valence-electron chi connectivity index (χ2n) is 5.87. The van der Waals surface area contributed by atoms with Crippen LogP contribution in [0, 0.1) is 13.8 Å². The molecule has 0 saturated heterocycles. The first-order valence-electron chi connectivity index (χ1n) is 8.16. The van der Waals surface area contributed by atoms with E-state index in [0.29, 0.717) is 5.95 Å². The average Bonchev–Trinajstić information content (AvgIpc) is 2.57. The predicted molar refractivity (Wildman–Crippen MR) is 99.9 cm³/mol. The zero-order valence-electron chi connectivity index (χ0n) is 14.1. The van der Waals surface area contributed by atoms with E-state index in [9.17, 15) is 0 Å². The molecule has 0 fully saturated rings. The second-order valence-corrected chi connectivity index (χ2v) is 5.87. The molecular weight excluding hydrogens is 296 g/mol. The third-order valence-corrected chi connectivity index (χ3v) is 3.72. The van der Waals surface area contributed by atoms with Crippen LogP contribution in [0.25, 0.3) is 0 Å². The Balaban J connectivity index is 1.64. The monoisotopic (exact) mass is 318 g/mol. The Hall–Kier alpha value is -2.88. The van der Waals surface area contributed by atoms with Gasteiger partial charge in [-0.25, -0.2) is 4.98 Å². The third kappa shape index (κ3) is 4.56. The van der Waals surface area contributed by atoms with Crippen LogP contribution in [0.5, 0.6) is 0 Å². The van der Waals surface area contributed by atoms with Crippen molar-refractivity contribution in [3.05, 3.63) is 77.5 Å². The standard InChI is InChI=1S/C20H22N4/c1-15-8-10-18(11-9-15)23-19-14-16(2)22-20(24-19)21-13-12-17-6-4-3-5-7-17/h3-11,14H,12-13H2,1-2H3,(H2,21,22,23,24). The molecule has 0 spiro atoms. The van der Waals surface area contributed by atoms with Gasteiger partial charge in [0, 0.05) is 24.0 Å². The van der Waals surface area contributed by atoms with E-state index in [1.807, 2.05) is 19.1 Å². The van der Waals surface area contributed by atoms with E-state index in [1.54, 1.807) is 0 Å². The Morgan fingerprint density at radius 1 is 0.875 bits per heavy atom. The van der Waals surface area contributed by atoms with Crippen molar-refractivity contribution < 1.29 is 0 Å². The maximum Gasteiger partial charge on any atom is 0.224 e. The summed E-state index contributed by atoms with van der Waals surface area (Å²) >= 11 is 0. The summed E-state index contributed by atoms with van der Waals surface area (Å²) in [4.78, 5) is 9.01. The van der Waals surface area contributed by atoms with Crippen LogP contribution in [-0.2, 0) is 6.42 Å². The van der Waals surface area contributed by atoms with Gasteiger partial charge in [-0.3, -0.25) is 0 Å². The van der Waals surface area contributed by atoms with Gasteiger partial charge in [0.25, 0.3) is 0 Å². The molecule has 0 bridgehead atoms. The van der Waals surface area contributed by atoms with E-state index in [0.717, 1.165) is 30.2 Å². The van der Waals surface area contributed by atoms with Crippen molar-refractivity contribution in [3.8, 4) is 0 Å². The van der Waals surface area contributed by atoms with Crippen LogP contribution >= 0.6 is 0 Å². The molecule has 0 amide bonds. The van der Waals surface area contributed by atoms with Crippen molar-refractivity contribution >= 4 is 17.5 Å². The van der Waals surface area contributed by atoms with Crippen LogP contribution < -0.4 is 10.6 Å². The first-order chi connectivity index (χ1) is 11.7. The average molecular weight is 318 g/mol. The van der Waals surface area contributed by atoms with Gasteiger partial charge in [-0.2, -0.15) is 4.98 Å². The molecule has 0 aliphatic heterocycles. The molecule has 24 heavy (non-hydrogen) atoms. The van der Waals surface area contributed by atoms with Crippen molar-refractivity contribution in [2.24, 2.45) is 0 Å². The summed E-state index contributed by atoms with van der Waals surface area (Å²) in [6.07, 6.45) is 0.943. The van der Waals surface area contributed by atoms with Crippen LogP contribution in [0.1, 0.15) is 16.8 Å². The number of aromatic nitrogens is 2. The third-order valence-electron chi connectivity index (χ3n) is 3.72. The summed E-state index contributed by atoms with van der Waals surface area (Å²) in [5, 5.41) is 6.64. The predicted octanol–water partition coefficient (Wildman–Crippen LogP) is 4.49. The lowest BCUT2D eigenvalue weighted by atomic mass is 10.1. The van der Waals surface area contributed by atoms with Gasteiger partial charge in [0.1, 0.15) is 5.82 Å². The number of anilines is 3. The molecule has 2 aromatic carbocycles. The number of nitrogens with one attached hydrogen (secondary N) is 2. The number of rotatable bonds is 6. The summed E-state index contributed by atoms with van der Waals surface area (Å²) in [5.41, 5.74) is 4.49. The van der Waals surface area contributed by atoms with Crippen molar-refractivity contribution in [2.75, 3.05) is 17.2 Å². The lowest BCUT2D eigenvalue weighted by molar-refractivity contribution is 0.976. The van der Waals surface area contributed by atoms with Crippen LogP contribution in [0.15, 0.2) is 60.7 Å². The normalized spacial score (nSPS) is 10.4. The molecule has 3 rings (SSSR count). The highest BCUT2D eigenvalue weighted by molar-refractivity contribution is 5.57. The fourth-order valence-corrected chi connectivity index (χ4v) is 2.46. The molecule has 0 unspecified atom stereocenters. The highest BCUT2D eigenvalue weighted by atomic mass is 15.1. The molecule has 0 aliphatic rings. The first kappa shape index (κ1) is 16.0. The largest absolute Gasteiger partial charge is 0.354 e. The summed E-state index contributed by atoms with van der Waals surface area (Å²) in [6.45, 7) is 4.86. The Kier molecular flexibility index (Phi) is 5.06. The minimum atomic E-state index is 0.653. The molecule has 0 aliphatic carbocycles. The Labute approximate surface area is 143 Å². The zero-order valence-corrected chi connectivity index (χ0v) is 14.1. The van der Waals surface area contributed by atoms with Gasteiger partial charge in [0.15, 0.2) is 0 Å². The van der Waals surface area contributed by atoms with E-state index in [-0.39, 0.29) is 0 Å². The van der Waals surface area contributed by atoms with E-state index < -0.39 is 0 Å². The SMILES string of the molecule is Cc1ccc(Nc2cc(C)nc(NCCc3ccccc3)n2)cc1. The van der Waals surface area contributed by atoms with Crippen LogP contribution in [0.4, 0.5) is 17.5 Å². The smallest absolute Gasteiger partial charge is 0.224 e. The number of hydrogen-bond donors (Lipinski definition) is 2. The molecule has 0 atom stereocenters. The molecule has 1 heterocycles. The molecule has 4 heteroatoms. The Morgan fingerprint density at radius 2 is 1.62 bits per heavy atom. The van der Waals surface area contributed by atoms with Crippen LogP contribution in [0.3, 0.4) is 0 Å². The van der Waals surface area contributed by atoms with Crippen LogP contribution in [-0.4, -0.2) is 16.5 Å². The second kappa shape index (κ2) is 7.59. The molecular formula is C20H22N4. The fourth-order valence-electron chi connectivity index (χ4n) is 2.46. The molecule has 0 radical (unpaired) electrons. The van der Waals surface area contributed by atoms with Gasteiger partial charge in [-0.1, -0.05) is 48.0 Å². The van der Waals surface area contributed by atoms with Crippen molar-refractivity contribution in [1.29, 1.82) is 0 Å². The quantitative estimate of drug-likeness (QED) is 0.703. The van der Waals surface area contributed by atoms with Crippen molar-refractivity contribution in [3.63, 3.8) is 0 Å². The van der Waals surface area contributed by atoms with Gasteiger partial charge in [0.2, 0.25) is 5.95 Å². The summed E-state index contributed by atoms with van der Waals surface area (Å²) in [7, 11) is 0. The van der Waals surface area contributed by atoms with Gasteiger partial charge >= 0.3 is 0 Å².